The smallest absolute Gasteiger partial charge is 0.166 e. The van der Waals surface area contributed by atoms with Crippen molar-refractivity contribution in [2.45, 2.75) is 13.3 Å². The molecule has 0 aromatic heterocycles. The number of para-hydroxylation sites is 2. The Morgan fingerprint density at radius 3 is 2.64 bits per heavy atom. The van der Waals surface area contributed by atoms with Gasteiger partial charge in [-0.1, -0.05) is 24.3 Å². The molecular formula is C18H21NO3. The first kappa shape index (κ1) is 15.9. The summed E-state index contributed by atoms with van der Waals surface area (Å²) in [5.41, 5.74) is 1.78. The molecule has 2 aromatic carbocycles. The number of benzene rings is 2. The Labute approximate surface area is 131 Å². The Hall–Kier alpha value is -2.49. The van der Waals surface area contributed by atoms with Gasteiger partial charge in [0.2, 0.25) is 0 Å². The average molecular weight is 299 g/mol. The number of methoxy groups -OCH3 is 1. The van der Waals surface area contributed by atoms with Crippen LogP contribution in [0.4, 0.5) is 0 Å². The summed E-state index contributed by atoms with van der Waals surface area (Å²) in [6, 6.07) is 13.3. The number of ether oxygens (including phenoxy) is 2. The van der Waals surface area contributed by atoms with Crippen molar-refractivity contribution in [3.05, 3.63) is 53.6 Å². The summed E-state index contributed by atoms with van der Waals surface area (Å²) in [5.74, 6) is 1.49. The molecule has 0 bridgehead atoms. The maximum Gasteiger partial charge on any atom is 0.166 e. The number of rotatable bonds is 7. The third-order valence-electron chi connectivity index (χ3n) is 3.26. The molecule has 0 radical (unpaired) electrons. The lowest BCUT2D eigenvalue weighted by Gasteiger charge is -2.07. The molecule has 0 amide bonds. The van der Waals surface area contributed by atoms with Gasteiger partial charge in [0, 0.05) is 18.3 Å². The lowest BCUT2D eigenvalue weighted by molar-refractivity contribution is 0.318. The summed E-state index contributed by atoms with van der Waals surface area (Å²) in [6.45, 7) is 3.02. The minimum absolute atomic E-state index is 0.130. The Morgan fingerprint density at radius 1 is 1.09 bits per heavy atom. The Balaban J connectivity index is 2.00. The van der Waals surface area contributed by atoms with E-state index in [-0.39, 0.29) is 5.75 Å². The molecule has 2 rings (SSSR count). The maximum atomic E-state index is 10.1. The molecule has 4 heteroatoms. The molecule has 4 nitrogen and oxygen atoms in total. The van der Waals surface area contributed by atoms with Crippen molar-refractivity contribution in [3.63, 3.8) is 0 Å². The van der Waals surface area contributed by atoms with E-state index in [2.05, 4.69) is 4.99 Å². The molecule has 2 aromatic rings. The third kappa shape index (κ3) is 4.01. The zero-order valence-corrected chi connectivity index (χ0v) is 13.0. The zero-order chi connectivity index (χ0) is 15.8. The van der Waals surface area contributed by atoms with Crippen LogP contribution in [0.2, 0.25) is 0 Å². The molecule has 0 spiro atoms. The van der Waals surface area contributed by atoms with Crippen LogP contribution in [-0.2, 0) is 6.42 Å². The first-order valence-electron chi connectivity index (χ1n) is 7.32. The number of nitrogens with zero attached hydrogens (tertiary/aromatic N) is 1. The summed E-state index contributed by atoms with van der Waals surface area (Å²) in [5, 5.41) is 10.1. The van der Waals surface area contributed by atoms with Gasteiger partial charge < -0.3 is 14.6 Å². The fraction of sp³-hybridized carbons (Fsp3) is 0.278. The van der Waals surface area contributed by atoms with Crippen LogP contribution in [0.15, 0.2) is 47.5 Å². The van der Waals surface area contributed by atoms with Crippen molar-refractivity contribution in [1.29, 1.82) is 0 Å². The van der Waals surface area contributed by atoms with E-state index in [1.165, 1.54) is 0 Å². The monoisotopic (exact) mass is 299 g/mol. The molecule has 0 heterocycles. The molecule has 116 valence electrons. The largest absolute Gasteiger partial charge is 0.504 e. The van der Waals surface area contributed by atoms with Crippen LogP contribution in [0.3, 0.4) is 0 Å². The standard InChI is InChI=1S/C18H21NO3/c1-3-22-17-10-6-8-15(18(17)20)13-19-12-11-14-7-4-5-9-16(14)21-2/h4-10,13,20H,3,11-12H2,1-2H3. The minimum atomic E-state index is 0.130. The van der Waals surface area contributed by atoms with Gasteiger partial charge in [0.25, 0.3) is 0 Å². The van der Waals surface area contributed by atoms with Gasteiger partial charge in [-0.3, -0.25) is 4.99 Å². The molecular weight excluding hydrogens is 278 g/mol. The molecule has 22 heavy (non-hydrogen) atoms. The molecule has 0 fully saturated rings. The zero-order valence-electron chi connectivity index (χ0n) is 13.0. The molecule has 0 saturated carbocycles. The van der Waals surface area contributed by atoms with Gasteiger partial charge in [-0.15, -0.1) is 0 Å². The second kappa shape index (κ2) is 8.08. The lowest BCUT2D eigenvalue weighted by Crippen LogP contribution is -1.96. The second-order valence-corrected chi connectivity index (χ2v) is 4.72. The van der Waals surface area contributed by atoms with Gasteiger partial charge in [0.15, 0.2) is 11.5 Å². The summed E-state index contributed by atoms with van der Waals surface area (Å²) < 4.78 is 10.7. The van der Waals surface area contributed by atoms with Crippen LogP contribution in [0, 0.1) is 0 Å². The Kier molecular flexibility index (Phi) is 5.83. The van der Waals surface area contributed by atoms with Gasteiger partial charge in [0.05, 0.1) is 13.7 Å². The summed E-state index contributed by atoms with van der Waals surface area (Å²) in [4.78, 5) is 4.38. The minimum Gasteiger partial charge on any atom is -0.504 e. The van der Waals surface area contributed by atoms with Gasteiger partial charge in [-0.25, -0.2) is 0 Å². The number of aromatic hydroxyl groups is 1. The first-order valence-corrected chi connectivity index (χ1v) is 7.32. The van der Waals surface area contributed by atoms with Crippen LogP contribution >= 0.6 is 0 Å². The van der Waals surface area contributed by atoms with Crippen molar-refractivity contribution >= 4 is 6.21 Å². The van der Waals surface area contributed by atoms with E-state index in [9.17, 15) is 5.11 Å². The molecule has 0 saturated heterocycles. The van der Waals surface area contributed by atoms with Crippen LogP contribution in [0.1, 0.15) is 18.1 Å². The number of hydrogen-bond acceptors (Lipinski definition) is 4. The van der Waals surface area contributed by atoms with E-state index >= 15 is 0 Å². The Morgan fingerprint density at radius 2 is 1.86 bits per heavy atom. The average Bonchev–Trinajstić information content (AvgIpc) is 2.55. The molecule has 0 aliphatic heterocycles. The SMILES string of the molecule is CCOc1cccc(C=NCCc2ccccc2OC)c1O. The molecule has 0 aliphatic carbocycles. The number of hydrogen-bond donors (Lipinski definition) is 1. The summed E-state index contributed by atoms with van der Waals surface area (Å²) in [7, 11) is 1.67. The van der Waals surface area contributed by atoms with Crippen LogP contribution in [0.5, 0.6) is 17.2 Å². The highest BCUT2D eigenvalue weighted by Gasteiger charge is 2.05. The Bertz CT molecular complexity index is 638. The van der Waals surface area contributed by atoms with Gasteiger partial charge in [0.1, 0.15) is 5.75 Å². The third-order valence-corrected chi connectivity index (χ3v) is 3.26. The van der Waals surface area contributed by atoms with Gasteiger partial charge in [-0.2, -0.15) is 0 Å². The van der Waals surface area contributed by atoms with Crippen LogP contribution in [0.25, 0.3) is 0 Å². The number of phenolic OH excluding ortho intramolecular Hbond substituents is 1. The highest BCUT2D eigenvalue weighted by molar-refractivity contribution is 5.84. The van der Waals surface area contributed by atoms with Crippen molar-refractivity contribution in [1.82, 2.24) is 0 Å². The molecule has 0 aliphatic rings. The normalized spacial score (nSPS) is 10.8. The molecule has 0 unspecified atom stereocenters. The topological polar surface area (TPSA) is 51.0 Å². The summed E-state index contributed by atoms with van der Waals surface area (Å²) in [6.07, 6.45) is 2.46. The number of phenols is 1. The van der Waals surface area contributed by atoms with Crippen molar-refractivity contribution in [2.75, 3.05) is 20.3 Å². The van der Waals surface area contributed by atoms with Crippen molar-refractivity contribution in [3.8, 4) is 17.2 Å². The van der Waals surface area contributed by atoms with E-state index < -0.39 is 0 Å². The van der Waals surface area contributed by atoms with Gasteiger partial charge >= 0.3 is 0 Å². The van der Waals surface area contributed by atoms with E-state index in [0.29, 0.717) is 24.5 Å². The highest BCUT2D eigenvalue weighted by atomic mass is 16.5. The van der Waals surface area contributed by atoms with Crippen LogP contribution in [-0.4, -0.2) is 31.6 Å². The fourth-order valence-electron chi connectivity index (χ4n) is 2.17. The van der Waals surface area contributed by atoms with E-state index in [0.717, 1.165) is 17.7 Å². The van der Waals surface area contributed by atoms with Crippen molar-refractivity contribution < 1.29 is 14.6 Å². The summed E-state index contributed by atoms with van der Waals surface area (Å²) >= 11 is 0. The lowest BCUT2D eigenvalue weighted by atomic mass is 10.1. The highest BCUT2D eigenvalue weighted by Crippen LogP contribution is 2.28. The fourth-order valence-corrected chi connectivity index (χ4v) is 2.17. The van der Waals surface area contributed by atoms with Crippen molar-refractivity contribution in [2.24, 2.45) is 4.99 Å². The molecule has 0 atom stereocenters. The van der Waals surface area contributed by atoms with E-state index in [1.54, 1.807) is 19.4 Å². The maximum absolute atomic E-state index is 10.1. The first-order chi connectivity index (χ1) is 10.8. The quantitative estimate of drug-likeness (QED) is 0.797. The number of aliphatic imine (C=N–C) groups is 1. The van der Waals surface area contributed by atoms with E-state index in [4.69, 9.17) is 9.47 Å². The van der Waals surface area contributed by atoms with E-state index in [1.807, 2.05) is 43.3 Å². The predicted octanol–water partition coefficient (Wildman–Crippen LogP) is 3.46. The molecule has 1 N–H and O–H groups in total. The van der Waals surface area contributed by atoms with Gasteiger partial charge in [-0.05, 0) is 37.1 Å². The second-order valence-electron chi connectivity index (χ2n) is 4.72. The van der Waals surface area contributed by atoms with Crippen LogP contribution < -0.4 is 9.47 Å². The predicted molar refractivity (Wildman–Crippen MR) is 88.4 cm³/mol.